The van der Waals surface area contributed by atoms with Crippen LogP contribution in [0.3, 0.4) is 0 Å². The number of fused-ring (bicyclic) bond motifs is 1. The number of sulfonamides is 1. The summed E-state index contributed by atoms with van der Waals surface area (Å²) in [5, 5.41) is 6.72. The molecule has 0 saturated carbocycles. The van der Waals surface area contributed by atoms with Gasteiger partial charge in [0.15, 0.2) is 0 Å². The summed E-state index contributed by atoms with van der Waals surface area (Å²) >= 11 is 0. The number of rotatable bonds is 11. The Bertz CT molecular complexity index is 1800. The highest BCUT2D eigenvalue weighted by molar-refractivity contribution is 7.89. The van der Waals surface area contributed by atoms with Crippen molar-refractivity contribution in [1.82, 2.24) is 14.3 Å². The van der Waals surface area contributed by atoms with Crippen molar-refractivity contribution in [2.24, 2.45) is 0 Å². The number of methoxy groups -OCH3 is 2. The highest BCUT2D eigenvalue weighted by atomic mass is 32.2. The number of benzene rings is 3. The van der Waals surface area contributed by atoms with Crippen molar-refractivity contribution in [2.75, 3.05) is 81.6 Å². The Morgan fingerprint density at radius 3 is 2.37 bits per heavy atom. The van der Waals surface area contributed by atoms with Gasteiger partial charge in [0.25, 0.3) is 0 Å². The molecule has 242 valence electrons. The number of nitrogens with one attached hydrogen (secondary N) is 2. The van der Waals surface area contributed by atoms with E-state index in [4.69, 9.17) is 24.2 Å². The van der Waals surface area contributed by atoms with E-state index in [-0.39, 0.29) is 4.90 Å². The third kappa shape index (κ3) is 6.52. The monoisotopic (exact) mass is 645 g/mol. The fraction of sp³-hybridized carbons (Fsp3) is 0.333. The van der Waals surface area contributed by atoms with Crippen molar-refractivity contribution in [3.05, 3.63) is 77.9 Å². The Morgan fingerprint density at radius 2 is 1.65 bits per heavy atom. The Balaban J connectivity index is 1.37. The van der Waals surface area contributed by atoms with Gasteiger partial charge >= 0.3 is 0 Å². The maximum Gasteiger partial charge on any atom is 0.244 e. The summed E-state index contributed by atoms with van der Waals surface area (Å²) in [6, 6.07) is 20.8. The molecule has 3 heterocycles. The molecule has 46 heavy (non-hydrogen) atoms. The van der Waals surface area contributed by atoms with Crippen LogP contribution >= 0.6 is 0 Å². The summed E-state index contributed by atoms with van der Waals surface area (Å²) in [4.78, 5) is 14.5. The zero-order valence-corrected chi connectivity index (χ0v) is 27.3. The molecule has 1 saturated heterocycles. The van der Waals surface area contributed by atoms with Crippen LogP contribution in [0.2, 0.25) is 0 Å². The second kappa shape index (κ2) is 13.4. The van der Waals surface area contributed by atoms with E-state index in [1.54, 1.807) is 38.5 Å². The molecule has 1 aromatic heterocycles. The number of hydrogen-bond donors (Lipinski definition) is 2. The van der Waals surface area contributed by atoms with E-state index < -0.39 is 10.0 Å². The van der Waals surface area contributed by atoms with Crippen LogP contribution in [-0.4, -0.2) is 83.9 Å². The van der Waals surface area contributed by atoms with E-state index in [0.29, 0.717) is 55.1 Å². The van der Waals surface area contributed by atoms with Crippen LogP contribution in [0, 0.1) is 0 Å². The third-order valence-electron chi connectivity index (χ3n) is 8.16. The Kier molecular flexibility index (Phi) is 9.15. The number of morpholine rings is 1. The minimum atomic E-state index is -3.72. The number of para-hydroxylation sites is 1. The number of hydrogen-bond acceptors (Lipinski definition) is 11. The van der Waals surface area contributed by atoms with Crippen molar-refractivity contribution in [2.45, 2.75) is 17.9 Å². The number of nitrogens with zero attached hydrogens (tertiary/aromatic N) is 5. The Hall–Kier alpha value is -4.59. The lowest BCUT2D eigenvalue weighted by Crippen LogP contribution is -2.36. The van der Waals surface area contributed by atoms with Crippen LogP contribution in [0.5, 0.6) is 11.5 Å². The zero-order chi connectivity index (χ0) is 32.3. The fourth-order valence-corrected chi connectivity index (χ4v) is 6.66. The predicted octanol–water partition coefficient (Wildman–Crippen LogP) is 4.63. The van der Waals surface area contributed by atoms with Crippen molar-refractivity contribution >= 4 is 44.7 Å². The van der Waals surface area contributed by atoms with Crippen LogP contribution in [0.4, 0.5) is 34.6 Å². The lowest BCUT2D eigenvalue weighted by atomic mass is 10.2. The van der Waals surface area contributed by atoms with E-state index in [1.807, 2.05) is 42.5 Å². The van der Waals surface area contributed by atoms with Crippen LogP contribution in [-0.2, 0) is 27.7 Å². The fourth-order valence-electron chi connectivity index (χ4n) is 5.62. The van der Waals surface area contributed by atoms with Gasteiger partial charge in [-0.3, -0.25) is 0 Å². The Labute approximate surface area is 270 Å². The van der Waals surface area contributed by atoms with Crippen LogP contribution in [0.15, 0.2) is 71.6 Å². The summed E-state index contributed by atoms with van der Waals surface area (Å²) in [5.74, 6) is 3.11. The molecule has 0 aliphatic carbocycles. The summed E-state index contributed by atoms with van der Waals surface area (Å²) < 4.78 is 44.2. The second-order valence-electron chi connectivity index (χ2n) is 11.2. The molecule has 0 bridgehead atoms. The number of ether oxygens (including phenoxy) is 3. The molecule has 4 aromatic rings. The zero-order valence-electron chi connectivity index (χ0n) is 26.5. The first-order chi connectivity index (χ1) is 22.3. The van der Waals surface area contributed by atoms with Crippen molar-refractivity contribution in [3.8, 4) is 11.5 Å². The van der Waals surface area contributed by atoms with Gasteiger partial charge in [-0.05, 0) is 48.4 Å². The first-order valence-electron chi connectivity index (χ1n) is 15.1. The summed E-state index contributed by atoms with van der Waals surface area (Å²) in [5.41, 5.74) is 4.21. The van der Waals surface area contributed by atoms with Gasteiger partial charge in [-0.2, -0.15) is 9.97 Å². The molecule has 2 aliphatic heterocycles. The van der Waals surface area contributed by atoms with Gasteiger partial charge in [0.1, 0.15) is 28.0 Å². The molecule has 0 atom stereocenters. The highest BCUT2D eigenvalue weighted by Crippen LogP contribution is 2.38. The first kappa shape index (κ1) is 31.4. The van der Waals surface area contributed by atoms with Gasteiger partial charge in [-0.25, -0.2) is 12.7 Å². The van der Waals surface area contributed by atoms with Gasteiger partial charge in [-0.1, -0.05) is 24.3 Å². The van der Waals surface area contributed by atoms with Gasteiger partial charge in [-0.15, -0.1) is 0 Å². The van der Waals surface area contributed by atoms with Crippen LogP contribution in [0.1, 0.15) is 11.1 Å². The largest absolute Gasteiger partial charge is 0.497 e. The van der Waals surface area contributed by atoms with Gasteiger partial charge < -0.3 is 34.6 Å². The maximum atomic E-state index is 13.2. The Morgan fingerprint density at radius 1 is 0.891 bits per heavy atom. The smallest absolute Gasteiger partial charge is 0.244 e. The first-order valence-corrected chi connectivity index (χ1v) is 16.6. The highest BCUT2D eigenvalue weighted by Gasteiger charge is 2.28. The van der Waals surface area contributed by atoms with Crippen molar-refractivity contribution in [1.29, 1.82) is 0 Å². The molecule has 12 nitrogen and oxygen atoms in total. The number of anilines is 6. The standard InChI is InChI=1S/C33H39N7O5S/c1-38(2)46(41,42)30-8-6-5-7-28(30)34-31-26-15-16-40(22-23-9-12-25(43-3)13-10-23)32(26)37-33(36-31)35-27-14-11-24(21-29(27)44-4)39-17-19-45-20-18-39/h5-14,21H,15-20,22H2,1-4H3,(H2,34,35,36,37). The molecule has 0 amide bonds. The molecule has 0 unspecified atom stereocenters. The SMILES string of the molecule is COc1ccc(CN2CCc3c(Nc4ccccc4S(=O)(=O)N(C)C)nc(Nc4ccc(N5CCOCC5)cc4OC)nc32)cc1. The van der Waals surface area contributed by atoms with E-state index in [2.05, 4.69) is 20.4 Å². The average molecular weight is 646 g/mol. The molecule has 1 fully saturated rings. The quantitative estimate of drug-likeness (QED) is 0.238. The maximum absolute atomic E-state index is 13.2. The average Bonchev–Trinajstić information content (AvgIpc) is 3.48. The third-order valence-corrected chi connectivity index (χ3v) is 10.0. The van der Waals surface area contributed by atoms with E-state index >= 15 is 0 Å². The van der Waals surface area contributed by atoms with Crippen LogP contribution < -0.4 is 29.9 Å². The van der Waals surface area contributed by atoms with Crippen molar-refractivity contribution in [3.63, 3.8) is 0 Å². The minimum Gasteiger partial charge on any atom is -0.497 e. The second-order valence-corrected chi connectivity index (χ2v) is 13.4. The molecular formula is C33H39N7O5S. The van der Waals surface area contributed by atoms with Crippen molar-refractivity contribution < 1.29 is 22.6 Å². The van der Waals surface area contributed by atoms with Gasteiger partial charge in [0.05, 0.1) is 38.8 Å². The number of aromatic nitrogens is 2. The molecule has 13 heteroatoms. The topological polar surface area (TPSA) is 121 Å². The minimum absolute atomic E-state index is 0.162. The van der Waals surface area contributed by atoms with E-state index in [9.17, 15) is 8.42 Å². The van der Waals surface area contributed by atoms with Gasteiger partial charge in [0.2, 0.25) is 16.0 Å². The van der Waals surface area contributed by atoms with E-state index in [1.165, 1.54) is 18.4 Å². The molecule has 2 N–H and O–H groups in total. The van der Waals surface area contributed by atoms with Gasteiger partial charge in [0, 0.05) is 57.6 Å². The molecule has 6 rings (SSSR count). The molecule has 0 radical (unpaired) electrons. The molecule has 0 spiro atoms. The lowest BCUT2D eigenvalue weighted by molar-refractivity contribution is 0.122. The lowest BCUT2D eigenvalue weighted by Gasteiger charge is -2.29. The van der Waals surface area contributed by atoms with E-state index in [0.717, 1.165) is 48.0 Å². The normalized spacial score (nSPS) is 14.7. The van der Waals surface area contributed by atoms with Crippen LogP contribution in [0.25, 0.3) is 0 Å². The summed E-state index contributed by atoms with van der Waals surface area (Å²) in [6.45, 7) is 4.36. The predicted molar refractivity (Wildman–Crippen MR) is 180 cm³/mol. The molecule has 2 aliphatic rings. The summed E-state index contributed by atoms with van der Waals surface area (Å²) in [7, 11) is 2.61. The summed E-state index contributed by atoms with van der Waals surface area (Å²) in [6.07, 6.45) is 0.689. The molecular weight excluding hydrogens is 606 g/mol. The molecule has 3 aromatic carbocycles.